The summed E-state index contributed by atoms with van der Waals surface area (Å²) in [4.78, 5) is 50.9. The van der Waals surface area contributed by atoms with Gasteiger partial charge in [-0.25, -0.2) is 21.6 Å². The van der Waals surface area contributed by atoms with Crippen molar-refractivity contribution >= 4 is 67.3 Å². The molecule has 3 aromatic rings. The number of fused-ring (bicyclic) bond motifs is 1. The number of benzene rings is 2. The van der Waals surface area contributed by atoms with Crippen molar-refractivity contribution in [3.63, 3.8) is 0 Å². The van der Waals surface area contributed by atoms with Crippen LogP contribution in [-0.2, 0) is 44.0 Å². The highest BCUT2D eigenvalue weighted by Gasteiger charge is 2.43. The average molecular weight is 760 g/mol. The van der Waals surface area contributed by atoms with Crippen molar-refractivity contribution < 1.29 is 50.2 Å². The summed E-state index contributed by atoms with van der Waals surface area (Å²) in [5, 5.41) is 0. The first-order chi connectivity index (χ1) is 24.2. The number of nitrogens with one attached hydrogen (secondary N) is 1. The minimum atomic E-state index is -4.59. The Morgan fingerprint density at radius 1 is 0.961 bits per heavy atom. The van der Waals surface area contributed by atoms with E-state index in [1.165, 1.54) is 60.5 Å². The quantitative estimate of drug-likeness (QED) is 0.109. The summed E-state index contributed by atoms with van der Waals surface area (Å²) in [7, 11) is -7.32. The summed E-state index contributed by atoms with van der Waals surface area (Å²) < 4.78 is 72.3. The molecule has 2 aromatic carbocycles. The molecule has 1 aromatic heterocycles. The minimum Gasteiger partial charge on any atom is -0.426 e. The Kier molecular flexibility index (Phi) is 13.1. The van der Waals surface area contributed by atoms with E-state index in [0.29, 0.717) is 28.9 Å². The van der Waals surface area contributed by atoms with Crippen LogP contribution in [0.15, 0.2) is 75.2 Å². The van der Waals surface area contributed by atoms with Crippen molar-refractivity contribution in [1.29, 1.82) is 0 Å². The number of nitrogens with zero attached hydrogens (tertiary/aromatic N) is 2. The van der Waals surface area contributed by atoms with Crippen LogP contribution in [-0.4, -0.2) is 83.1 Å². The molecule has 0 saturated carbocycles. The number of rotatable bonds is 14. The van der Waals surface area contributed by atoms with Crippen LogP contribution in [0.1, 0.15) is 49.9 Å². The number of ether oxygens (including phenoxy) is 3. The molecule has 1 aliphatic heterocycles. The zero-order valence-corrected chi connectivity index (χ0v) is 30.7. The van der Waals surface area contributed by atoms with Crippen molar-refractivity contribution in [2.24, 2.45) is 0 Å². The molecular formula is C34H37N3O11S3. The van der Waals surface area contributed by atoms with E-state index in [9.17, 15) is 36.0 Å². The van der Waals surface area contributed by atoms with Crippen LogP contribution in [0.2, 0.25) is 0 Å². The first-order valence-electron chi connectivity index (χ1n) is 15.6. The second-order valence-corrected chi connectivity index (χ2v) is 16.2. The Morgan fingerprint density at radius 3 is 2.08 bits per heavy atom. The number of para-hydroxylation sites is 2. The van der Waals surface area contributed by atoms with Crippen molar-refractivity contribution in [3.05, 3.63) is 83.4 Å². The van der Waals surface area contributed by atoms with E-state index >= 15 is 0 Å². The largest absolute Gasteiger partial charge is 0.426 e. The first-order valence-corrected chi connectivity index (χ1v) is 19.3. The lowest BCUT2D eigenvalue weighted by atomic mass is 10.1. The van der Waals surface area contributed by atoms with Crippen LogP contribution in [0.25, 0.3) is 12.2 Å². The highest BCUT2D eigenvalue weighted by molar-refractivity contribution is 7.94. The lowest BCUT2D eigenvalue weighted by molar-refractivity contribution is -0.132. The van der Waals surface area contributed by atoms with Crippen molar-refractivity contribution in [1.82, 2.24) is 13.9 Å². The molecular weight excluding hydrogens is 723 g/mol. The van der Waals surface area contributed by atoms with Crippen LogP contribution in [0, 0.1) is 0 Å². The second kappa shape index (κ2) is 17.0. The monoisotopic (exact) mass is 759 g/mol. The minimum absolute atomic E-state index is 0.0415. The number of esters is 2. The predicted octanol–water partition coefficient (Wildman–Crippen LogP) is 3.76. The van der Waals surface area contributed by atoms with Gasteiger partial charge in [0.15, 0.2) is 0 Å². The Balaban J connectivity index is 1.67. The Labute approximate surface area is 300 Å². The van der Waals surface area contributed by atoms with Crippen molar-refractivity contribution in [2.75, 3.05) is 33.4 Å². The Hall–Kier alpha value is -4.68. The lowest BCUT2D eigenvalue weighted by Crippen LogP contribution is -2.46. The Morgan fingerprint density at radius 2 is 1.53 bits per heavy atom. The van der Waals surface area contributed by atoms with Gasteiger partial charge in [0.1, 0.15) is 19.9 Å². The molecule has 0 fully saturated rings. The van der Waals surface area contributed by atoms with Crippen LogP contribution in [0.4, 0.5) is 0 Å². The highest BCUT2D eigenvalue weighted by atomic mass is 32.3. The first kappa shape index (κ1) is 39.1. The molecule has 0 bridgehead atoms. The third-order valence-electron chi connectivity index (χ3n) is 7.43. The smallest absolute Gasteiger partial charge is 0.308 e. The van der Waals surface area contributed by atoms with Gasteiger partial charge < -0.3 is 19.1 Å². The molecule has 0 spiro atoms. The zero-order chi connectivity index (χ0) is 37.3. The standard InChI is InChI=1S/C34H37N3O11S3/c1-5-37(32(41)18-16-26-12-7-9-14-30(26)48-24(3)39)28-22-36(19-10-20-46-4)51(44,45)34-27(28)21-33(49-34)50(42,43)35-31(40)17-15-25-11-6-8-13-29(25)47-23(2)38/h6-9,11-18,21,28H,5,10,19-20,22H2,1-4H3,(H,35,40)/b17-15-,18-16-/t28-/m0/s1. The molecule has 14 nitrogen and oxygen atoms in total. The van der Waals surface area contributed by atoms with Gasteiger partial charge in [0.25, 0.3) is 26.0 Å². The zero-order valence-electron chi connectivity index (χ0n) is 28.2. The van der Waals surface area contributed by atoms with Gasteiger partial charge in [-0.1, -0.05) is 36.4 Å². The average Bonchev–Trinajstić information content (AvgIpc) is 3.54. The van der Waals surface area contributed by atoms with Crippen molar-refractivity contribution in [3.8, 4) is 11.5 Å². The summed E-state index contributed by atoms with van der Waals surface area (Å²) >= 11 is 0.470. The SMILES string of the molecule is CCN(C(=O)/C=C\c1ccccc1OC(C)=O)[C@H]1CN(CCCOC)S(=O)(=O)c2sc(S(=O)(=O)NC(=O)/C=C\c3ccccc3OC(C)=O)cc21. The third kappa shape index (κ3) is 9.77. The molecule has 0 unspecified atom stereocenters. The van der Waals surface area contributed by atoms with Gasteiger partial charge >= 0.3 is 11.9 Å². The maximum absolute atomic E-state index is 13.8. The molecule has 2 amide bonds. The molecule has 272 valence electrons. The van der Waals surface area contributed by atoms with E-state index in [1.54, 1.807) is 49.4 Å². The fourth-order valence-corrected chi connectivity index (χ4v) is 10.0. The van der Waals surface area contributed by atoms with Gasteiger partial charge in [-0.15, -0.1) is 11.3 Å². The van der Waals surface area contributed by atoms with Gasteiger partial charge in [-0.05, 0) is 43.7 Å². The van der Waals surface area contributed by atoms with E-state index in [-0.39, 0.29) is 47.5 Å². The van der Waals surface area contributed by atoms with Gasteiger partial charge in [0.2, 0.25) is 5.91 Å². The molecule has 0 radical (unpaired) electrons. The third-order valence-corrected chi connectivity index (χ3v) is 12.8. The number of likely N-dealkylation sites (N-methyl/N-ethyl adjacent to an activating group) is 1. The molecule has 2 heterocycles. The number of carbonyl (C=O) groups excluding carboxylic acids is 4. The normalized spacial score (nSPS) is 15.7. The molecule has 1 N–H and O–H groups in total. The van der Waals surface area contributed by atoms with Crippen LogP contribution < -0.4 is 14.2 Å². The fraction of sp³-hybridized carbons (Fsp3) is 0.294. The molecule has 4 rings (SSSR count). The highest BCUT2D eigenvalue weighted by Crippen LogP contribution is 2.42. The van der Waals surface area contributed by atoms with Crippen molar-refractivity contribution in [2.45, 2.75) is 41.7 Å². The lowest BCUT2D eigenvalue weighted by Gasteiger charge is -2.38. The summed E-state index contributed by atoms with van der Waals surface area (Å²) in [5.74, 6) is -2.27. The second-order valence-electron chi connectivity index (χ2n) is 11.1. The number of hydrogen-bond donors (Lipinski definition) is 1. The number of carbonyl (C=O) groups is 4. The van der Waals surface area contributed by atoms with E-state index < -0.39 is 54.1 Å². The molecule has 17 heteroatoms. The topological polar surface area (TPSA) is 183 Å². The van der Waals surface area contributed by atoms with Gasteiger partial charge in [0.05, 0.1) is 6.04 Å². The maximum Gasteiger partial charge on any atom is 0.308 e. The molecule has 0 aliphatic carbocycles. The summed E-state index contributed by atoms with van der Waals surface area (Å²) in [6.07, 6.45) is 5.28. The molecule has 1 aliphatic rings. The van der Waals surface area contributed by atoms with Gasteiger partial charge in [-0.2, -0.15) is 4.31 Å². The van der Waals surface area contributed by atoms with E-state index in [2.05, 4.69) is 0 Å². The summed E-state index contributed by atoms with van der Waals surface area (Å²) in [6, 6.07) is 13.2. The number of methoxy groups -OCH3 is 1. The number of sulfonamides is 2. The maximum atomic E-state index is 13.8. The fourth-order valence-electron chi connectivity index (χ4n) is 5.20. The van der Waals surface area contributed by atoms with E-state index in [4.69, 9.17) is 14.2 Å². The Bertz CT molecular complexity index is 2070. The van der Waals surface area contributed by atoms with Gasteiger partial charge in [0, 0.05) is 76.0 Å². The van der Waals surface area contributed by atoms with E-state index in [0.717, 1.165) is 6.08 Å². The van der Waals surface area contributed by atoms with Gasteiger partial charge in [-0.3, -0.25) is 19.2 Å². The number of thiophene rings is 1. The number of amides is 2. The summed E-state index contributed by atoms with van der Waals surface area (Å²) in [6.45, 7) is 4.43. The summed E-state index contributed by atoms with van der Waals surface area (Å²) in [5.41, 5.74) is 0.877. The molecule has 51 heavy (non-hydrogen) atoms. The van der Waals surface area contributed by atoms with Crippen LogP contribution >= 0.6 is 11.3 Å². The van der Waals surface area contributed by atoms with E-state index in [1.807, 2.05) is 4.72 Å². The number of hydrogen-bond acceptors (Lipinski definition) is 12. The molecule has 0 saturated heterocycles. The predicted molar refractivity (Wildman–Crippen MR) is 189 cm³/mol. The van der Waals surface area contributed by atoms with Crippen LogP contribution in [0.3, 0.4) is 0 Å². The van der Waals surface area contributed by atoms with Crippen LogP contribution in [0.5, 0.6) is 11.5 Å². The molecule has 1 atom stereocenters.